The Morgan fingerprint density at radius 3 is 1.49 bits per heavy atom. The number of fused-ring (bicyclic) bond motifs is 2. The van der Waals surface area contributed by atoms with E-state index in [2.05, 4.69) is 144 Å². The predicted octanol–water partition coefficient (Wildman–Crippen LogP) is 9.75. The van der Waals surface area contributed by atoms with Crippen LogP contribution in [0.2, 0.25) is 0 Å². The minimum Gasteiger partial charge on any atom is -0.309 e. The van der Waals surface area contributed by atoms with E-state index in [1.54, 1.807) is 0 Å². The molecule has 37 heavy (non-hydrogen) atoms. The van der Waals surface area contributed by atoms with Gasteiger partial charge in [-0.25, -0.2) is 0 Å². The zero-order chi connectivity index (χ0) is 25.0. The molecule has 0 aliphatic carbocycles. The van der Waals surface area contributed by atoms with Gasteiger partial charge in [-0.1, -0.05) is 127 Å². The predicted molar refractivity (Wildman–Crippen MR) is 163 cm³/mol. The second-order valence-electron chi connectivity index (χ2n) is 8.88. The smallest absolute Gasteiger partial charge is 0.0594 e. The van der Waals surface area contributed by atoms with Gasteiger partial charge < -0.3 is 4.90 Å². The van der Waals surface area contributed by atoms with Gasteiger partial charge in [-0.2, -0.15) is 0 Å². The Labute approximate surface area is 228 Å². The Morgan fingerprint density at radius 2 is 1.00 bits per heavy atom. The van der Waals surface area contributed by atoms with Crippen molar-refractivity contribution in [2.45, 2.75) is 5.25 Å². The third kappa shape index (κ3) is 4.53. The molecule has 0 saturated heterocycles. The first-order valence-corrected chi connectivity index (χ1v) is 13.7. The van der Waals surface area contributed by atoms with Crippen molar-refractivity contribution in [3.63, 3.8) is 0 Å². The van der Waals surface area contributed by atoms with E-state index >= 15 is 0 Å². The highest BCUT2D eigenvalue weighted by Gasteiger charge is 2.30. The fourth-order valence-electron chi connectivity index (χ4n) is 5.01. The molecule has 0 fully saturated rings. The van der Waals surface area contributed by atoms with Crippen LogP contribution in [0, 0.1) is 0 Å². The van der Waals surface area contributed by atoms with Crippen molar-refractivity contribution in [3.05, 3.63) is 167 Å². The average molecular weight is 512 g/mol. The molecule has 1 heterocycles. The molecular formula is C34H25NS2. The number of thiocarbonyl (C=S) groups is 1. The van der Waals surface area contributed by atoms with Crippen LogP contribution in [0.4, 0.5) is 17.1 Å². The Morgan fingerprint density at radius 1 is 0.568 bits per heavy atom. The first-order valence-electron chi connectivity index (χ1n) is 12.3. The minimum absolute atomic E-state index is 0.121. The molecule has 0 N–H and O–H groups in total. The number of allylic oxidation sites excluding steroid dienone is 1. The van der Waals surface area contributed by atoms with Gasteiger partial charge in [0.1, 0.15) is 0 Å². The van der Waals surface area contributed by atoms with Gasteiger partial charge >= 0.3 is 0 Å². The number of nitrogens with zero attached hydrogens (tertiary/aromatic N) is 1. The van der Waals surface area contributed by atoms with Gasteiger partial charge in [-0.15, -0.1) is 11.8 Å². The van der Waals surface area contributed by atoms with Gasteiger partial charge in [0.25, 0.3) is 0 Å². The fraction of sp³-hybridized carbons (Fsp3) is 0.0294. The summed E-state index contributed by atoms with van der Waals surface area (Å²) >= 11 is 7.56. The lowest BCUT2D eigenvalue weighted by Gasteiger charge is -2.35. The highest BCUT2D eigenvalue weighted by molar-refractivity contribution is 8.05. The Bertz CT molecular complexity index is 1470. The second kappa shape index (κ2) is 10.6. The van der Waals surface area contributed by atoms with Crippen molar-refractivity contribution in [1.82, 2.24) is 0 Å². The summed E-state index contributed by atoms with van der Waals surface area (Å²) in [5.41, 5.74) is 9.55. The van der Waals surface area contributed by atoms with Gasteiger partial charge in [0, 0.05) is 32.7 Å². The van der Waals surface area contributed by atoms with Crippen molar-refractivity contribution < 1.29 is 0 Å². The molecule has 5 aromatic rings. The van der Waals surface area contributed by atoms with Crippen molar-refractivity contribution >= 4 is 52.0 Å². The number of thioether (sulfide) groups is 1. The fourth-order valence-corrected chi connectivity index (χ4v) is 6.53. The zero-order valence-electron chi connectivity index (χ0n) is 20.2. The van der Waals surface area contributed by atoms with E-state index in [0.717, 1.165) is 22.0 Å². The Kier molecular flexibility index (Phi) is 6.72. The summed E-state index contributed by atoms with van der Waals surface area (Å²) in [5, 5.41) is 1.99. The van der Waals surface area contributed by atoms with E-state index in [1.807, 2.05) is 17.1 Å². The number of anilines is 3. The first kappa shape index (κ1) is 23.5. The quantitative estimate of drug-likeness (QED) is 0.162. The van der Waals surface area contributed by atoms with Crippen molar-refractivity contribution in [2.75, 3.05) is 4.90 Å². The SMILES string of the molecule is S=CC(SC(c1ccccc1)c1ccccc1)=C1c2ccccc2N(c2ccccc2)c2ccccc21. The molecule has 0 spiro atoms. The molecule has 0 aromatic heterocycles. The third-order valence-corrected chi connectivity index (χ3v) is 8.39. The van der Waals surface area contributed by atoms with Crippen LogP contribution < -0.4 is 4.90 Å². The molecule has 0 amide bonds. The topological polar surface area (TPSA) is 3.24 Å². The maximum absolute atomic E-state index is 5.74. The largest absolute Gasteiger partial charge is 0.309 e. The molecule has 5 aromatic carbocycles. The molecule has 1 nitrogen and oxygen atoms in total. The maximum atomic E-state index is 5.74. The van der Waals surface area contributed by atoms with E-state index in [9.17, 15) is 0 Å². The standard InChI is InChI=1S/C34H25NS2/c36-24-32(37-34(25-14-4-1-5-15-25)26-16-6-2-7-17-26)33-28-20-10-12-22-30(28)35(27-18-8-3-9-19-27)31-23-13-11-21-29(31)33/h1-24,34H. The van der Waals surface area contributed by atoms with Crippen molar-refractivity contribution in [3.8, 4) is 0 Å². The summed E-state index contributed by atoms with van der Waals surface area (Å²) in [7, 11) is 0. The second-order valence-corrected chi connectivity index (χ2v) is 10.3. The van der Waals surface area contributed by atoms with E-state index in [-0.39, 0.29) is 5.25 Å². The maximum Gasteiger partial charge on any atom is 0.0594 e. The van der Waals surface area contributed by atoms with Crippen LogP contribution in [0.25, 0.3) is 5.57 Å². The number of para-hydroxylation sites is 3. The summed E-state index contributed by atoms with van der Waals surface area (Å²) in [6, 6.07) is 49.3. The Hall–Kier alpha value is -3.92. The van der Waals surface area contributed by atoms with Gasteiger partial charge in [0.2, 0.25) is 0 Å². The molecule has 1 aliphatic rings. The lowest BCUT2D eigenvalue weighted by molar-refractivity contribution is 1.16. The number of hydrogen-bond acceptors (Lipinski definition) is 3. The van der Waals surface area contributed by atoms with Crippen LogP contribution in [0.15, 0.2) is 144 Å². The molecule has 0 saturated carbocycles. The van der Waals surface area contributed by atoms with Crippen molar-refractivity contribution in [2.24, 2.45) is 0 Å². The summed E-state index contributed by atoms with van der Waals surface area (Å²) in [6.07, 6.45) is 0. The van der Waals surface area contributed by atoms with Gasteiger partial charge in [-0.3, -0.25) is 0 Å². The minimum atomic E-state index is 0.121. The number of rotatable bonds is 6. The molecule has 0 bridgehead atoms. The molecule has 178 valence electrons. The van der Waals surface area contributed by atoms with Crippen LogP contribution in [-0.4, -0.2) is 5.37 Å². The first-order chi connectivity index (χ1) is 18.3. The lowest BCUT2D eigenvalue weighted by atomic mass is 9.89. The van der Waals surface area contributed by atoms with E-state index in [0.29, 0.717) is 0 Å². The highest BCUT2D eigenvalue weighted by Crippen LogP contribution is 2.52. The monoisotopic (exact) mass is 511 g/mol. The molecular weight excluding hydrogens is 487 g/mol. The van der Waals surface area contributed by atoms with Crippen LogP contribution in [0.5, 0.6) is 0 Å². The van der Waals surface area contributed by atoms with E-state index < -0.39 is 0 Å². The van der Waals surface area contributed by atoms with E-state index in [1.165, 1.54) is 27.8 Å². The third-order valence-electron chi connectivity index (χ3n) is 6.65. The summed E-state index contributed by atoms with van der Waals surface area (Å²) < 4.78 is 0. The van der Waals surface area contributed by atoms with Crippen LogP contribution in [-0.2, 0) is 0 Å². The van der Waals surface area contributed by atoms with Crippen LogP contribution in [0.3, 0.4) is 0 Å². The normalized spacial score (nSPS) is 12.1. The number of hydrogen-bond donors (Lipinski definition) is 0. The van der Waals surface area contributed by atoms with Crippen LogP contribution in [0.1, 0.15) is 27.5 Å². The van der Waals surface area contributed by atoms with Gasteiger partial charge in [-0.05, 0) is 35.4 Å². The summed E-state index contributed by atoms with van der Waals surface area (Å²) in [5.74, 6) is 0. The van der Waals surface area contributed by atoms with Crippen LogP contribution >= 0.6 is 24.0 Å². The number of benzene rings is 5. The molecule has 0 radical (unpaired) electrons. The van der Waals surface area contributed by atoms with E-state index in [4.69, 9.17) is 12.2 Å². The molecule has 0 atom stereocenters. The average Bonchev–Trinajstić information content (AvgIpc) is 2.98. The molecule has 6 rings (SSSR count). The van der Waals surface area contributed by atoms with Gasteiger partial charge in [0.05, 0.1) is 16.6 Å². The van der Waals surface area contributed by atoms with Crippen molar-refractivity contribution in [1.29, 1.82) is 0 Å². The molecule has 0 unspecified atom stereocenters. The highest BCUT2D eigenvalue weighted by atomic mass is 32.2. The summed E-state index contributed by atoms with van der Waals surface area (Å²) in [4.78, 5) is 3.45. The lowest BCUT2D eigenvalue weighted by Crippen LogP contribution is -2.18. The molecule has 3 heteroatoms. The molecule has 1 aliphatic heterocycles. The summed E-state index contributed by atoms with van der Waals surface area (Å²) in [6.45, 7) is 0. The zero-order valence-corrected chi connectivity index (χ0v) is 21.8. The van der Waals surface area contributed by atoms with Gasteiger partial charge in [0.15, 0.2) is 0 Å². The Balaban J connectivity index is 1.56.